The van der Waals surface area contributed by atoms with Crippen LogP contribution in [0.25, 0.3) is 0 Å². The van der Waals surface area contributed by atoms with Crippen LogP contribution in [0.5, 0.6) is 5.75 Å². The van der Waals surface area contributed by atoms with Gasteiger partial charge in [0.05, 0.1) is 19.8 Å². The third kappa shape index (κ3) is 5.31. The Morgan fingerprint density at radius 2 is 2.11 bits per heavy atom. The molecule has 0 unspecified atom stereocenters. The molecule has 0 aliphatic heterocycles. The lowest BCUT2D eigenvalue weighted by molar-refractivity contribution is 0.0642. The standard InChI is InChI=1S/C12H18O6/c1-15-5-6-16-3-2-4-17-12-9-18-10(8-13)7-11(12)14/h7,9,13H,2-6,8H2,1H3. The lowest BCUT2D eigenvalue weighted by atomic mass is 10.4. The zero-order valence-corrected chi connectivity index (χ0v) is 10.4. The average Bonchev–Trinajstić information content (AvgIpc) is 2.39. The van der Waals surface area contributed by atoms with Crippen LogP contribution in [0, 0.1) is 0 Å². The molecule has 0 aliphatic carbocycles. The van der Waals surface area contributed by atoms with E-state index in [0.29, 0.717) is 32.8 Å². The van der Waals surface area contributed by atoms with Gasteiger partial charge in [-0.1, -0.05) is 0 Å². The van der Waals surface area contributed by atoms with Crippen molar-refractivity contribution in [2.75, 3.05) is 33.5 Å². The van der Waals surface area contributed by atoms with Crippen molar-refractivity contribution in [3.63, 3.8) is 0 Å². The van der Waals surface area contributed by atoms with Gasteiger partial charge in [-0.3, -0.25) is 4.79 Å². The maximum Gasteiger partial charge on any atom is 0.227 e. The third-order valence-electron chi connectivity index (χ3n) is 2.13. The van der Waals surface area contributed by atoms with E-state index < -0.39 is 0 Å². The van der Waals surface area contributed by atoms with Crippen LogP contribution in [0.15, 0.2) is 21.5 Å². The molecule has 1 heterocycles. The Kier molecular flexibility index (Phi) is 7.09. The van der Waals surface area contributed by atoms with Gasteiger partial charge in [0, 0.05) is 26.2 Å². The first-order valence-corrected chi connectivity index (χ1v) is 5.70. The highest BCUT2D eigenvalue weighted by molar-refractivity contribution is 5.17. The second kappa shape index (κ2) is 8.68. The summed E-state index contributed by atoms with van der Waals surface area (Å²) in [5, 5.41) is 8.77. The summed E-state index contributed by atoms with van der Waals surface area (Å²) in [4.78, 5) is 11.5. The highest BCUT2D eigenvalue weighted by Gasteiger charge is 2.03. The van der Waals surface area contributed by atoms with E-state index in [2.05, 4.69) is 0 Å². The third-order valence-corrected chi connectivity index (χ3v) is 2.13. The summed E-state index contributed by atoms with van der Waals surface area (Å²) < 4.78 is 20.3. The molecule has 18 heavy (non-hydrogen) atoms. The molecular formula is C12H18O6. The van der Waals surface area contributed by atoms with Gasteiger partial charge >= 0.3 is 0 Å². The van der Waals surface area contributed by atoms with E-state index in [1.807, 2.05) is 0 Å². The fraction of sp³-hybridized carbons (Fsp3) is 0.583. The summed E-state index contributed by atoms with van der Waals surface area (Å²) in [6.45, 7) is 1.72. The molecule has 1 rings (SSSR count). The van der Waals surface area contributed by atoms with Gasteiger partial charge in [-0.2, -0.15) is 0 Å². The number of methoxy groups -OCH3 is 1. The van der Waals surface area contributed by atoms with Crippen LogP contribution in [0.4, 0.5) is 0 Å². The number of aliphatic hydroxyl groups is 1. The van der Waals surface area contributed by atoms with Gasteiger partial charge in [0.2, 0.25) is 11.2 Å². The lowest BCUT2D eigenvalue weighted by Crippen LogP contribution is -2.11. The summed E-state index contributed by atoms with van der Waals surface area (Å²) >= 11 is 0. The SMILES string of the molecule is COCCOCCCOc1coc(CO)cc1=O. The molecule has 0 amide bonds. The Morgan fingerprint density at radius 3 is 2.78 bits per heavy atom. The van der Waals surface area contributed by atoms with Crippen LogP contribution < -0.4 is 10.2 Å². The van der Waals surface area contributed by atoms with Crippen molar-refractivity contribution >= 4 is 0 Å². The van der Waals surface area contributed by atoms with Crippen molar-refractivity contribution in [3.05, 3.63) is 28.3 Å². The summed E-state index contributed by atoms with van der Waals surface area (Å²) in [6.07, 6.45) is 1.88. The first-order chi connectivity index (χ1) is 8.77. The minimum atomic E-state index is -0.303. The zero-order chi connectivity index (χ0) is 13.2. The average molecular weight is 258 g/mol. The molecule has 0 saturated heterocycles. The minimum absolute atomic E-state index is 0.143. The second-order valence-electron chi connectivity index (χ2n) is 3.54. The molecule has 1 aromatic rings. The van der Waals surface area contributed by atoms with Gasteiger partial charge in [-0.15, -0.1) is 0 Å². The molecule has 0 spiro atoms. The van der Waals surface area contributed by atoms with Crippen molar-refractivity contribution in [1.82, 2.24) is 0 Å². The molecule has 0 atom stereocenters. The number of aliphatic hydroxyl groups excluding tert-OH is 1. The van der Waals surface area contributed by atoms with E-state index in [0.717, 1.165) is 0 Å². The van der Waals surface area contributed by atoms with E-state index in [1.165, 1.54) is 12.3 Å². The minimum Gasteiger partial charge on any atom is -0.487 e. The topological polar surface area (TPSA) is 78.1 Å². The van der Waals surface area contributed by atoms with E-state index in [4.69, 9.17) is 23.7 Å². The monoisotopic (exact) mass is 258 g/mol. The Hall–Kier alpha value is -1.37. The summed E-state index contributed by atoms with van der Waals surface area (Å²) in [5.74, 6) is 0.361. The fourth-order valence-electron chi connectivity index (χ4n) is 1.21. The number of ether oxygens (including phenoxy) is 3. The lowest BCUT2D eigenvalue weighted by Gasteiger charge is -2.06. The van der Waals surface area contributed by atoms with Crippen molar-refractivity contribution in [3.8, 4) is 5.75 Å². The van der Waals surface area contributed by atoms with Crippen LogP contribution in [0.1, 0.15) is 12.2 Å². The summed E-state index contributed by atoms with van der Waals surface area (Å²) in [6, 6.07) is 1.21. The summed E-state index contributed by atoms with van der Waals surface area (Å²) in [7, 11) is 1.61. The van der Waals surface area contributed by atoms with Crippen molar-refractivity contribution in [2.24, 2.45) is 0 Å². The molecule has 0 aromatic carbocycles. The quantitative estimate of drug-likeness (QED) is 0.652. The van der Waals surface area contributed by atoms with Gasteiger partial charge < -0.3 is 23.7 Å². The van der Waals surface area contributed by atoms with Crippen molar-refractivity contribution in [1.29, 1.82) is 0 Å². The summed E-state index contributed by atoms with van der Waals surface area (Å²) in [5.41, 5.74) is -0.300. The maximum atomic E-state index is 11.5. The van der Waals surface area contributed by atoms with Crippen LogP contribution in [-0.4, -0.2) is 38.6 Å². The molecule has 0 radical (unpaired) electrons. The second-order valence-corrected chi connectivity index (χ2v) is 3.54. The predicted octanol–water partition coefficient (Wildman–Crippen LogP) is 0.564. The fourth-order valence-corrected chi connectivity index (χ4v) is 1.21. The molecule has 102 valence electrons. The van der Waals surface area contributed by atoms with Crippen LogP contribution in [-0.2, 0) is 16.1 Å². The van der Waals surface area contributed by atoms with E-state index >= 15 is 0 Å². The highest BCUT2D eigenvalue weighted by Crippen LogP contribution is 2.06. The molecular weight excluding hydrogens is 240 g/mol. The Bertz CT molecular complexity index is 386. The Morgan fingerprint density at radius 1 is 1.28 bits per heavy atom. The largest absolute Gasteiger partial charge is 0.487 e. The zero-order valence-electron chi connectivity index (χ0n) is 10.4. The Labute approximate surface area is 105 Å². The van der Waals surface area contributed by atoms with E-state index in [9.17, 15) is 4.79 Å². The maximum absolute atomic E-state index is 11.5. The van der Waals surface area contributed by atoms with E-state index in [1.54, 1.807) is 7.11 Å². The normalized spacial score (nSPS) is 10.6. The molecule has 1 aromatic heterocycles. The van der Waals surface area contributed by atoms with Gasteiger partial charge in [0.25, 0.3) is 0 Å². The smallest absolute Gasteiger partial charge is 0.227 e. The first kappa shape index (κ1) is 14.7. The van der Waals surface area contributed by atoms with Gasteiger partial charge in [-0.05, 0) is 0 Å². The molecule has 1 N–H and O–H groups in total. The van der Waals surface area contributed by atoms with E-state index in [-0.39, 0.29) is 23.5 Å². The number of rotatable bonds is 9. The van der Waals surface area contributed by atoms with Crippen molar-refractivity contribution < 1.29 is 23.7 Å². The first-order valence-electron chi connectivity index (χ1n) is 5.70. The highest BCUT2D eigenvalue weighted by atomic mass is 16.5. The van der Waals surface area contributed by atoms with Crippen LogP contribution in [0.2, 0.25) is 0 Å². The number of hydrogen-bond acceptors (Lipinski definition) is 6. The van der Waals surface area contributed by atoms with Crippen LogP contribution >= 0.6 is 0 Å². The van der Waals surface area contributed by atoms with Gasteiger partial charge in [0.1, 0.15) is 18.6 Å². The molecule has 0 saturated carbocycles. The molecule has 0 aliphatic rings. The van der Waals surface area contributed by atoms with Crippen LogP contribution in [0.3, 0.4) is 0 Å². The van der Waals surface area contributed by atoms with Crippen molar-refractivity contribution in [2.45, 2.75) is 13.0 Å². The predicted molar refractivity (Wildman–Crippen MR) is 63.7 cm³/mol. The van der Waals surface area contributed by atoms with Gasteiger partial charge in [-0.25, -0.2) is 0 Å². The molecule has 6 nitrogen and oxygen atoms in total. The Balaban J connectivity index is 2.21. The molecule has 0 bridgehead atoms. The molecule has 0 fully saturated rings. The molecule has 6 heteroatoms. The van der Waals surface area contributed by atoms with Gasteiger partial charge in [0.15, 0.2) is 0 Å². The number of hydrogen-bond donors (Lipinski definition) is 1.